The lowest BCUT2D eigenvalue weighted by Crippen LogP contribution is -2.10. The zero-order valence-electron chi connectivity index (χ0n) is 5.33. The highest BCUT2D eigenvalue weighted by molar-refractivity contribution is 7.85. The van der Waals surface area contributed by atoms with Gasteiger partial charge in [-0.1, -0.05) is 13.8 Å². The molecular formula is C6H13S2. The lowest BCUT2D eigenvalue weighted by Gasteiger charge is -2.10. The maximum atomic E-state index is 4.30. The fourth-order valence-corrected chi connectivity index (χ4v) is 0.771. The maximum absolute atomic E-state index is 4.30. The Kier molecular flexibility index (Phi) is 4.97. The number of thiol groups is 2. The molecule has 0 saturated carbocycles. The minimum atomic E-state index is 0.398. The summed E-state index contributed by atoms with van der Waals surface area (Å²) in [6.07, 6.45) is 3.16. The van der Waals surface area contributed by atoms with Crippen LogP contribution in [0.15, 0.2) is 0 Å². The molecule has 0 N–H and O–H groups in total. The van der Waals surface area contributed by atoms with Crippen LogP contribution < -0.4 is 0 Å². The first-order chi connectivity index (χ1) is 3.68. The first-order valence-corrected chi connectivity index (χ1v) is 3.85. The van der Waals surface area contributed by atoms with E-state index in [1.54, 1.807) is 0 Å². The number of hydrogen-bond donors (Lipinski definition) is 2. The van der Waals surface area contributed by atoms with E-state index >= 15 is 0 Å². The van der Waals surface area contributed by atoms with Gasteiger partial charge in [0.15, 0.2) is 0 Å². The molecule has 0 nitrogen and oxygen atoms in total. The summed E-state index contributed by atoms with van der Waals surface area (Å²) in [6.45, 7) is 4.10. The molecule has 0 aromatic heterocycles. The molecule has 0 rings (SSSR count). The second-order valence-electron chi connectivity index (χ2n) is 1.95. The SMILES string of the molecule is C[CH]CC(S)[C@H](C)S. The molecule has 0 spiro atoms. The van der Waals surface area contributed by atoms with Crippen LogP contribution in [0.1, 0.15) is 20.3 Å². The van der Waals surface area contributed by atoms with Crippen LogP contribution in [0, 0.1) is 6.42 Å². The van der Waals surface area contributed by atoms with Gasteiger partial charge in [0.2, 0.25) is 0 Å². The van der Waals surface area contributed by atoms with E-state index < -0.39 is 0 Å². The molecule has 0 heterocycles. The van der Waals surface area contributed by atoms with Gasteiger partial charge in [-0.3, -0.25) is 0 Å². The average molecular weight is 149 g/mol. The van der Waals surface area contributed by atoms with E-state index in [9.17, 15) is 0 Å². The Morgan fingerprint density at radius 3 is 2.12 bits per heavy atom. The monoisotopic (exact) mass is 149 g/mol. The normalized spacial score (nSPS) is 18.0. The van der Waals surface area contributed by atoms with Crippen LogP contribution in [-0.2, 0) is 0 Å². The third kappa shape index (κ3) is 3.67. The van der Waals surface area contributed by atoms with Crippen LogP contribution in [0.4, 0.5) is 0 Å². The standard InChI is InChI=1S/C6H13S2/c1-3-4-6(8)5(2)7/h3,5-8H,4H2,1-2H3/t5-,6?/m0/s1. The van der Waals surface area contributed by atoms with E-state index in [4.69, 9.17) is 0 Å². The predicted octanol–water partition coefficient (Wildman–Crippen LogP) is 2.22. The molecule has 1 radical (unpaired) electrons. The Labute approximate surface area is 62.9 Å². The van der Waals surface area contributed by atoms with Gasteiger partial charge in [0.25, 0.3) is 0 Å². The number of rotatable bonds is 3. The molecule has 0 fully saturated rings. The van der Waals surface area contributed by atoms with Crippen LogP contribution in [-0.4, -0.2) is 10.5 Å². The van der Waals surface area contributed by atoms with Gasteiger partial charge in [0.1, 0.15) is 0 Å². The highest BCUT2D eigenvalue weighted by Crippen LogP contribution is 2.12. The molecule has 2 atom stereocenters. The molecule has 49 valence electrons. The summed E-state index contributed by atoms with van der Waals surface area (Å²) in [5.74, 6) is 0. The second kappa shape index (κ2) is 4.57. The summed E-state index contributed by atoms with van der Waals surface area (Å²) in [4.78, 5) is 0. The second-order valence-corrected chi connectivity index (χ2v) is 3.43. The van der Waals surface area contributed by atoms with Gasteiger partial charge >= 0.3 is 0 Å². The highest BCUT2D eigenvalue weighted by Gasteiger charge is 2.05. The van der Waals surface area contributed by atoms with E-state index in [-0.39, 0.29) is 0 Å². The molecule has 1 unspecified atom stereocenters. The lowest BCUT2D eigenvalue weighted by atomic mass is 10.2. The van der Waals surface area contributed by atoms with Gasteiger partial charge in [-0.05, 0) is 12.8 Å². The molecule has 2 heteroatoms. The van der Waals surface area contributed by atoms with Gasteiger partial charge < -0.3 is 0 Å². The van der Waals surface area contributed by atoms with Crippen molar-refractivity contribution in [1.82, 2.24) is 0 Å². The summed E-state index contributed by atoms with van der Waals surface area (Å²) in [7, 11) is 0. The van der Waals surface area contributed by atoms with Crippen molar-refractivity contribution in [2.24, 2.45) is 0 Å². The van der Waals surface area contributed by atoms with Gasteiger partial charge in [-0.2, -0.15) is 25.3 Å². The molecule has 0 aromatic rings. The van der Waals surface area contributed by atoms with Gasteiger partial charge in [0, 0.05) is 10.5 Å². The molecule has 0 bridgehead atoms. The molecule has 0 aromatic carbocycles. The van der Waals surface area contributed by atoms with E-state index in [0.717, 1.165) is 6.42 Å². The Morgan fingerprint density at radius 2 is 2.00 bits per heavy atom. The van der Waals surface area contributed by atoms with Gasteiger partial charge in [-0.25, -0.2) is 0 Å². The average Bonchev–Trinajstić information content (AvgIpc) is 1.67. The van der Waals surface area contributed by atoms with Gasteiger partial charge in [0.05, 0.1) is 0 Å². The van der Waals surface area contributed by atoms with Crippen molar-refractivity contribution in [1.29, 1.82) is 0 Å². The first kappa shape index (κ1) is 8.70. The van der Waals surface area contributed by atoms with Crippen LogP contribution in [0.5, 0.6) is 0 Å². The molecule has 0 amide bonds. The van der Waals surface area contributed by atoms with E-state index in [1.165, 1.54) is 0 Å². The topological polar surface area (TPSA) is 0 Å². The summed E-state index contributed by atoms with van der Waals surface area (Å²) in [5.41, 5.74) is 0. The molecule has 0 aliphatic heterocycles. The van der Waals surface area contributed by atoms with Crippen molar-refractivity contribution >= 4 is 25.3 Å². The van der Waals surface area contributed by atoms with Crippen molar-refractivity contribution in [2.75, 3.05) is 0 Å². The quantitative estimate of drug-likeness (QED) is 0.565. The van der Waals surface area contributed by atoms with E-state index in [0.29, 0.717) is 10.5 Å². The molecular weight excluding hydrogens is 136 g/mol. The molecule has 0 aliphatic rings. The van der Waals surface area contributed by atoms with Crippen molar-refractivity contribution in [2.45, 2.75) is 30.8 Å². The molecule has 0 aliphatic carbocycles. The van der Waals surface area contributed by atoms with Crippen molar-refractivity contribution < 1.29 is 0 Å². The molecule has 8 heavy (non-hydrogen) atoms. The fraction of sp³-hybridized carbons (Fsp3) is 0.833. The Morgan fingerprint density at radius 1 is 1.50 bits per heavy atom. The smallest absolute Gasteiger partial charge is 0.0133 e. The summed E-state index contributed by atoms with van der Waals surface area (Å²) >= 11 is 8.53. The third-order valence-corrected chi connectivity index (χ3v) is 2.29. The third-order valence-electron chi connectivity index (χ3n) is 1.03. The predicted molar refractivity (Wildman–Crippen MR) is 45.8 cm³/mol. The van der Waals surface area contributed by atoms with Gasteiger partial charge in [-0.15, -0.1) is 0 Å². The van der Waals surface area contributed by atoms with Crippen LogP contribution in [0.2, 0.25) is 0 Å². The lowest BCUT2D eigenvalue weighted by molar-refractivity contribution is 0.830. The zero-order valence-corrected chi connectivity index (χ0v) is 7.12. The molecule has 0 saturated heterocycles. The van der Waals surface area contributed by atoms with Crippen molar-refractivity contribution in [3.8, 4) is 0 Å². The van der Waals surface area contributed by atoms with Crippen LogP contribution in [0.25, 0.3) is 0 Å². The van der Waals surface area contributed by atoms with Crippen LogP contribution >= 0.6 is 25.3 Å². The fourth-order valence-electron chi connectivity index (χ4n) is 0.438. The zero-order chi connectivity index (χ0) is 6.57. The van der Waals surface area contributed by atoms with E-state index in [2.05, 4.69) is 38.6 Å². The highest BCUT2D eigenvalue weighted by atomic mass is 32.1. The Balaban J connectivity index is 3.17. The summed E-state index contributed by atoms with van der Waals surface area (Å²) < 4.78 is 0. The summed E-state index contributed by atoms with van der Waals surface area (Å²) in [6, 6.07) is 0. The Hall–Kier alpha value is 0.700. The number of hydrogen-bond acceptors (Lipinski definition) is 2. The van der Waals surface area contributed by atoms with Crippen molar-refractivity contribution in [3.63, 3.8) is 0 Å². The maximum Gasteiger partial charge on any atom is 0.0133 e. The summed E-state index contributed by atoms with van der Waals surface area (Å²) in [5, 5.41) is 0.817. The van der Waals surface area contributed by atoms with E-state index in [1.807, 2.05) is 6.92 Å². The minimum Gasteiger partial charge on any atom is -0.175 e. The van der Waals surface area contributed by atoms with Crippen molar-refractivity contribution in [3.05, 3.63) is 6.42 Å². The Bertz CT molecular complexity index is 52.5. The largest absolute Gasteiger partial charge is 0.175 e. The van der Waals surface area contributed by atoms with Crippen LogP contribution in [0.3, 0.4) is 0 Å². The first-order valence-electron chi connectivity index (χ1n) is 2.82. The minimum absolute atomic E-state index is 0.398.